The van der Waals surface area contributed by atoms with Crippen molar-refractivity contribution in [2.24, 2.45) is 5.92 Å². The molecule has 144 valence electrons. The van der Waals surface area contributed by atoms with Crippen molar-refractivity contribution in [3.63, 3.8) is 0 Å². The van der Waals surface area contributed by atoms with E-state index in [2.05, 4.69) is 5.32 Å². The largest absolute Gasteiger partial charge is 0.464 e. The molecule has 6 heteroatoms. The fourth-order valence-corrected chi connectivity index (χ4v) is 3.75. The molecule has 0 radical (unpaired) electrons. The van der Waals surface area contributed by atoms with Gasteiger partial charge in [0.2, 0.25) is 5.91 Å². The van der Waals surface area contributed by atoms with Gasteiger partial charge in [-0.2, -0.15) is 0 Å². The van der Waals surface area contributed by atoms with Gasteiger partial charge >= 0.3 is 5.97 Å². The van der Waals surface area contributed by atoms with Gasteiger partial charge in [0, 0.05) is 36.0 Å². The summed E-state index contributed by atoms with van der Waals surface area (Å²) in [6, 6.07) is 7.16. The minimum atomic E-state index is -0.369. The Balaban J connectivity index is 1.74. The molecule has 0 aliphatic heterocycles. The van der Waals surface area contributed by atoms with E-state index < -0.39 is 0 Å². The van der Waals surface area contributed by atoms with Crippen LogP contribution in [0.15, 0.2) is 35.3 Å². The molecule has 0 bridgehead atoms. The van der Waals surface area contributed by atoms with Crippen LogP contribution in [0.2, 0.25) is 0 Å². The number of rotatable bonds is 6. The first-order chi connectivity index (χ1) is 13.0. The summed E-state index contributed by atoms with van der Waals surface area (Å²) in [5.41, 5.74) is 0.501. The third kappa shape index (κ3) is 4.96. The normalized spacial score (nSPS) is 14.9. The molecular weight excluding hydrogens is 344 g/mol. The van der Waals surface area contributed by atoms with Crippen molar-refractivity contribution >= 4 is 28.3 Å². The Morgan fingerprint density at radius 2 is 1.93 bits per heavy atom. The van der Waals surface area contributed by atoms with Gasteiger partial charge in [-0.1, -0.05) is 25.3 Å². The monoisotopic (exact) mass is 370 g/mol. The number of ether oxygens (including phenoxy) is 1. The molecule has 1 aromatic carbocycles. The Kier molecular flexibility index (Phi) is 6.27. The maximum Gasteiger partial charge on any atom is 0.302 e. The first kappa shape index (κ1) is 19.1. The van der Waals surface area contributed by atoms with Crippen LogP contribution in [0.3, 0.4) is 0 Å². The number of carbonyl (C=O) groups excluding carboxylic acids is 2. The zero-order valence-corrected chi connectivity index (χ0v) is 15.7. The van der Waals surface area contributed by atoms with Crippen LogP contribution < -0.4 is 10.9 Å². The first-order valence-electron chi connectivity index (χ1n) is 9.60. The number of aromatic nitrogens is 1. The van der Waals surface area contributed by atoms with E-state index in [4.69, 9.17) is 4.74 Å². The van der Waals surface area contributed by atoms with Gasteiger partial charge in [-0.25, -0.2) is 0 Å². The highest BCUT2D eigenvalue weighted by Crippen LogP contribution is 2.27. The highest BCUT2D eigenvalue weighted by molar-refractivity contribution is 6.01. The summed E-state index contributed by atoms with van der Waals surface area (Å²) < 4.78 is 6.42. The molecule has 1 amide bonds. The van der Waals surface area contributed by atoms with Gasteiger partial charge in [-0.3, -0.25) is 14.4 Å². The summed E-state index contributed by atoms with van der Waals surface area (Å²) >= 11 is 0. The number of esters is 1. The third-order valence-electron chi connectivity index (χ3n) is 5.13. The van der Waals surface area contributed by atoms with E-state index in [1.165, 1.54) is 30.8 Å². The molecule has 1 heterocycles. The van der Waals surface area contributed by atoms with Crippen LogP contribution in [-0.4, -0.2) is 23.1 Å². The zero-order valence-electron chi connectivity index (χ0n) is 15.7. The Labute approximate surface area is 158 Å². The zero-order chi connectivity index (χ0) is 19.2. The van der Waals surface area contributed by atoms with E-state index in [1.54, 1.807) is 18.3 Å². The fraction of sp³-hybridized carbons (Fsp3) is 0.476. The average molecular weight is 370 g/mol. The van der Waals surface area contributed by atoms with Crippen molar-refractivity contribution in [1.29, 1.82) is 0 Å². The number of fused-ring (bicyclic) bond motifs is 1. The number of amides is 1. The molecule has 1 saturated carbocycles. The SMILES string of the molecule is CC(=O)OCCn1ccc2c(NC(=O)CC3CCCCC3)cccc2c1=O. The number of pyridine rings is 1. The number of nitrogens with one attached hydrogen (secondary N) is 1. The van der Waals surface area contributed by atoms with Crippen LogP contribution in [0.4, 0.5) is 5.69 Å². The lowest BCUT2D eigenvalue weighted by atomic mass is 9.87. The Morgan fingerprint density at radius 3 is 2.67 bits per heavy atom. The highest BCUT2D eigenvalue weighted by atomic mass is 16.5. The van der Waals surface area contributed by atoms with Gasteiger partial charge in [0.15, 0.2) is 0 Å². The predicted molar refractivity (Wildman–Crippen MR) is 105 cm³/mol. The van der Waals surface area contributed by atoms with Crippen LogP contribution in [0.1, 0.15) is 45.4 Å². The lowest BCUT2D eigenvalue weighted by Crippen LogP contribution is -2.23. The minimum Gasteiger partial charge on any atom is -0.464 e. The summed E-state index contributed by atoms with van der Waals surface area (Å²) in [4.78, 5) is 36.0. The first-order valence-corrected chi connectivity index (χ1v) is 9.60. The van der Waals surface area contributed by atoms with Crippen LogP contribution in [-0.2, 0) is 20.9 Å². The number of hydrogen-bond acceptors (Lipinski definition) is 4. The molecule has 1 aliphatic carbocycles. The molecule has 1 aliphatic rings. The number of carbonyl (C=O) groups is 2. The fourth-order valence-electron chi connectivity index (χ4n) is 3.75. The second-order valence-corrected chi connectivity index (χ2v) is 7.18. The quantitative estimate of drug-likeness (QED) is 0.790. The Morgan fingerprint density at radius 1 is 1.15 bits per heavy atom. The van der Waals surface area contributed by atoms with Crippen LogP contribution in [0.25, 0.3) is 10.8 Å². The molecule has 1 fully saturated rings. The van der Waals surface area contributed by atoms with Crippen molar-refractivity contribution in [2.45, 2.75) is 52.0 Å². The Hall–Kier alpha value is -2.63. The Bertz CT molecular complexity index is 881. The maximum absolute atomic E-state index is 12.7. The highest BCUT2D eigenvalue weighted by Gasteiger charge is 2.17. The summed E-state index contributed by atoms with van der Waals surface area (Å²) in [5.74, 6) is 0.104. The molecular formula is C21H26N2O4. The van der Waals surface area contributed by atoms with Crippen molar-refractivity contribution in [3.8, 4) is 0 Å². The van der Waals surface area contributed by atoms with Gasteiger partial charge in [-0.05, 0) is 37.0 Å². The number of benzene rings is 1. The van der Waals surface area contributed by atoms with Crippen molar-refractivity contribution in [2.75, 3.05) is 11.9 Å². The third-order valence-corrected chi connectivity index (χ3v) is 5.13. The molecule has 0 unspecified atom stereocenters. The minimum absolute atomic E-state index is 0.00781. The number of anilines is 1. The van der Waals surface area contributed by atoms with Gasteiger partial charge in [-0.15, -0.1) is 0 Å². The van der Waals surface area contributed by atoms with Crippen LogP contribution in [0, 0.1) is 5.92 Å². The topological polar surface area (TPSA) is 77.4 Å². The van der Waals surface area contributed by atoms with Crippen molar-refractivity contribution in [3.05, 3.63) is 40.8 Å². The lowest BCUT2D eigenvalue weighted by Gasteiger charge is -2.21. The molecule has 27 heavy (non-hydrogen) atoms. The second-order valence-electron chi connectivity index (χ2n) is 7.18. The molecule has 0 saturated heterocycles. The van der Waals surface area contributed by atoms with Crippen molar-refractivity contribution < 1.29 is 14.3 Å². The van der Waals surface area contributed by atoms with E-state index >= 15 is 0 Å². The molecule has 1 aromatic heterocycles. The van der Waals surface area contributed by atoms with E-state index in [-0.39, 0.29) is 24.0 Å². The van der Waals surface area contributed by atoms with E-state index in [1.807, 2.05) is 12.1 Å². The molecule has 3 rings (SSSR count). The standard InChI is InChI=1S/C21H26N2O4/c1-15(24)27-13-12-23-11-10-17-18(21(23)26)8-5-9-19(17)22-20(25)14-16-6-3-2-4-7-16/h5,8-11,16H,2-4,6-7,12-14H2,1H3,(H,22,25). The van der Waals surface area contributed by atoms with Gasteiger partial charge in [0.1, 0.15) is 6.61 Å². The van der Waals surface area contributed by atoms with Gasteiger partial charge < -0.3 is 14.6 Å². The van der Waals surface area contributed by atoms with E-state index in [0.717, 1.165) is 18.2 Å². The van der Waals surface area contributed by atoms with E-state index in [9.17, 15) is 14.4 Å². The summed E-state index contributed by atoms with van der Waals surface area (Å²) in [7, 11) is 0. The lowest BCUT2D eigenvalue weighted by molar-refractivity contribution is -0.141. The van der Waals surface area contributed by atoms with Crippen LogP contribution >= 0.6 is 0 Å². The number of hydrogen-bond donors (Lipinski definition) is 1. The molecule has 0 atom stereocenters. The number of nitrogens with zero attached hydrogens (tertiary/aromatic N) is 1. The summed E-state index contributed by atoms with van der Waals surface area (Å²) in [5, 5.41) is 4.24. The van der Waals surface area contributed by atoms with E-state index in [0.29, 0.717) is 30.0 Å². The predicted octanol–water partition coefficient (Wildman–Crippen LogP) is 3.47. The summed E-state index contributed by atoms with van der Waals surface area (Å²) in [6.45, 7) is 1.79. The van der Waals surface area contributed by atoms with Gasteiger partial charge in [0.05, 0.1) is 6.54 Å². The molecule has 0 spiro atoms. The van der Waals surface area contributed by atoms with Gasteiger partial charge in [0.25, 0.3) is 5.56 Å². The molecule has 1 N–H and O–H groups in total. The second kappa shape index (κ2) is 8.84. The average Bonchev–Trinajstić information content (AvgIpc) is 2.64. The molecule has 6 nitrogen and oxygen atoms in total. The van der Waals surface area contributed by atoms with Crippen LogP contribution in [0.5, 0.6) is 0 Å². The smallest absolute Gasteiger partial charge is 0.302 e. The molecule has 2 aromatic rings. The van der Waals surface area contributed by atoms with Crippen molar-refractivity contribution in [1.82, 2.24) is 4.57 Å². The maximum atomic E-state index is 12.7. The summed E-state index contributed by atoms with van der Waals surface area (Å²) in [6.07, 6.45) is 8.14.